The Labute approximate surface area is 191 Å². The number of aromatic nitrogens is 2. The van der Waals surface area contributed by atoms with E-state index in [4.69, 9.17) is 4.99 Å². The number of rotatable bonds is 4. The van der Waals surface area contributed by atoms with Gasteiger partial charge in [-0.05, 0) is 41.3 Å². The molecule has 0 amide bonds. The lowest BCUT2D eigenvalue weighted by Crippen LogP contribution is -2.62. The maximum atomic E-state index is 5.05. The molecular weight excluding hydrogens is 391 g/mol. The second-order valence-electron chi connectivity index (χ2n) is 9.18. The molecule has 5 heteroatoms. The van der Waals surface area contributed by atoms with Crippen LogP contribution >= 0.6 is 0 Å². The molecule has 0 bridgehead atoms. The first kappa shape index (κ1) is 20.6. The van der Waals surface area contributed by atoms with Gasteiger partial charge in [0.15, 0.2) is 18.0 Å². The van der Waals surface area contributed by atoms with Crippen LogP contribution in [0.1, 0.15) is 50.7 Å². The molecule has 160 valence electrons. The van der Waals surface area contributed by atoms with Crippen LogP contribution in [0.5, 0.6) is 0 Å². The number of nitrogens with zero attached hydrogens (tertiary/aromatic N) is 4. The number of para-hydroxylation sites is 1. The third kappa shape index (κ3) is 3.24. The molecule has 0 N–H and O–H groups in total. The Kier molecular flexibility index (Phi) is 5.12. The molecule has 0 saturated heterocycles. The summed E-state index contributed by atoms with van der Waals surface area (Å²) in [6, 6.07) is 17.3. The Morgan fingerprint density at radius 2 is 1.59 bits per heavy atom. The number of aryl methyl sites for hydroxylation is 1. The van der Waals surface area contributed by atoms with Crippen molar-refractivity contribution >= 4 is 29.6 Å². The first-order valence-corrected chi connectivity index (χ1v) is 11.4. The van der Waals surface area contributed by atoms with Gasteiger partial charge in [0.2, 0.25) is 0 Å². The number of fused-ring (bicyclic) bond motifs is 2. The van der Waals surface area contributed by atoms with Gasteiger partial charge in [-0.1, -0.05) is 87.8 Å². The van der Waals surface area contributed by atoms with Crippen LogP contribution in [-0.4, -0.2) is 22.1 Å². The second-order valence-corrected chi connectivity index (χ2v) is 9.18. The van der Waals surface area contributed by atoms with Crippen LogP contribution in [0.2, 0.25) is 0 Å². The molecule has 1 aromatic heterocycles. The van der Waals surface area contributed by atoms with Crippen molar-refractivity contribution in [3.05, 3.63) is 90.4 Å². The Morgan fingerprint density at radius 3 is 2.25 bits per heavy atom. The quantitative estimate of drug-likeness (QED) is 0.357. The average molecular weight is 420 g/mol. The van der Waals surface area contributed by atoms with Crippen molar-refractivity contribution in [3.8, 4) is 5.69 Å². The second kappa shape index (κ2) is 7.97. The molecule has 3 heterocycles. The van der Waals surface area contributed by atoms with Gasteiger partial charge in [0.05, 0.1) is 0 Å². The number of amidine groups is 1. The highest BCUT2D eigenvalue weighted by molar-refractivity contribution is 6.86. The fourth-order valence-electron chi connectivity index (χ4n) is 4.87. The van der Waals surface area contributed by atoms with Crippen LogP contribution in [-0.2, 0) is 7.05 Å². The SMILES string of the molecule is CC(C)c1cccc(C(C)C)c1B1c2c([n+](C)[c-]n2-c2ccccc2)N=C2C=CC=CN12. The number of hydrogen-bond donors (Lipinski definition) is 0. The van der Waals surface area contributed by atoms with E-state index in [1.54, 1.807) is 0 Å². The minimum Gasteiger partial charge on any atom is -0.363 e. The summed E-state index contributed by atoms with van der Waals surface area (Å²) in [6.45, 7) is 9.16. The van der Waals surface area contributed by atoms with Gasteiger partial charge in [0, 0.05) is 18.3 Å². The summed E-state index contributed by atoms with van der Waals surface area (Å²) in [5.74, 6) is 2.75. The topological polar surface area (TPSA) is 24.4 Å². The van der Waals surface area contributed by atoms with Crippen LogP contribution in [0.25, 0.3) is 5.69 Å². The van der Waals surface area contributed by atoms with E-state index >= 15 is 0 Å². The Balaban J connectivity index is 1.86. The van der Waals surface area contributed by atoms with E-state index in [0.29, 0.717) is 11.8 Å². The summed E-state index contributed by atoms with van der Waals surface area (Å²) in [6.07, 6.45) is 12.0. The Bertz CT molecular complexity index is 1220. The standard InChI is InChI=1S/C27H29BN4/c1-19(2)22-14-11-15-23(20(3)4)25(22)28-26-27(29-24-16-9-10-17-32(24)28)30(5)18-31(26)21-12-7-6-8-13-21/h6-17,19-20H,1-5H3. The van der Waals surface area contributed by atoms with Gasteiger partial charge in [-0.2, -0.15) is 0 Å². The van der Waals surface area contributed by atoms with Crippen LogP contribution in [0, 0.1) is 6.33 Å². The van der Waals surface area contributed by atoms with Gasteiger partial charge < -0.3 is 13.9 Å². The summed E-state index contributed by atoms with van der Waals surface area (Å²) in [4.78, 5) is 7.38. The van der Waals surface area contributed by atoms with Crippen molar-refractivity contribution < 1.29 is 4.57 Å². The predicted octanol–water partition coefficient (Wildman–Crippen LogP) is 3.88. The lowest BCUT2D eigenvalue weighted by atomic mass is 9.47. The molecule has 32 heavy (non-hydrogen) atoms. The van der Waals surface area contributed by atoms with E-state index in [1.165, 1.54) is 16.6 Å². The largest absolute Gasteiger partial charge is 0.363 e. The highest BCUT2D eigenvalue weighted by atomic mass is 15.3. The highest BCUT2D eigenvalue weighted by Crippen LogP contribution is 2.26. The maximum absolute atomic E-state index is 5.05. The van der Waals surface area contributed by atoms with E-state index in [2.05, 4.69) is 116 Å². The number of aliphatic imine (C=N–C) groups is 1. The molecule has 0 spiro atoms. The van der Waals surface area contributed by atoms with Crippen LogP contribution in [0.4, 0.5) is 5.82 Å². The maximum Gasteiger partial charge on any atom is 0.307 e. The van der Waals surface area contributed by atoms with Crippen molar-refractivity contribution in [2.45, 2.75) is 39.5 Å². The Hall–Kier alpha value is -3.34. The normalized spacial score (nSPS) is 14.8. The molecule has 0 aliphatic carbocycles. The van der Waals surface area contributed by atoms with Crippen molar-refractivity contribution in [2.24, 2.45) is 12.0 Å². The zero-order chi connectivity index (χ0) is 22.4. The van der Waals surface area contributed by atoms with E-state index in [1.807, 2.05) is 11.6 Å². The lowest BCUT2D eigenvalue weighted by Gasteiger charge is -2.36. The minimum absolute atomic E-state index is 0.00681. The molecule has 0 unspecified atom stereocenters. The van der Waals surface area contributed by atoms with E-state index in [9.17, 15) is 0 Å². The predicted molar refractivity (Wildman–Crippen MR) is 133 cm³/mol. The molecule has 0 atom stereocenters. The van der Waals surface area contributed by atoms with Gasteiger partial charge in [0.1, 0.15) is 0 Å². The van der Waals surface area contributed by atoms with Crippen LogP contribution in [0.3, 0.4) is 0 Å². The smallest absolute Gasteiger partial charge is 0.307 e. The summed E-state index contributed by atoms with van der Waals surface area (Å²) in [7, 11) is 2.04. The minimum atomic E-state index is 0.00681. The molecule has 2 aromatic carbocycles. The summed E-state index contributed by atoms with van der Waals surface area (Å²) in [5, 5.41) is 0. The third-order valence-corrected chi connectivity index (χ3v) is 6.37. The molecule has 0 radical (unpaired) electrons. The molecular formula is C27H29BN4. The first-order valence-electron chi connectivity index (χ1n) is 11.4. The van der Waals surface area contributed by atoms with Gasteiger partial charge >= 0.3 is 6.85 Å². The fraction of sp³-hybridized carbons (Fsp3) is 0.259. The van der Waals surface area contributed by atoms with Crippen LogP contribution < -0.4 is 15.6 Å². The number of imidazole rings is 1. The van der Waals surface area contributed by atoms with Crippen molar-refractivity contribution in [2.75, 3.05) is 0 Å². The van der Waals surface area contributed by atoms with Gasteiger partial charge in [-0.15, -0.1) is 4.99 Å². The fourth-order valence-corrected chi connectivity index (χ4v) is 4.87. The van der Waals surface area contributed by atoms with E-state index in [0.717, 1.165) is 22.9 Å². The molecule has 2 aliphatic rings. The summed E-state index contributed by atoms with van der Waals surface area (Å²) < 4.78 is 4.21. The number of hydrogen-bond acceptors (Lipinski definition) is 2. The summed E-state index contributed by atoms with van der Waals surface area (Å²) >= 11 is 0. The average Bonchev–Trinajstić information content (AvgIpc) is 3.13. The zero-order valence-corrected chi connectivity index (χ0v) is 19.4. The van der Waals surface area contributed by atoms with Crippen molar-refractivity contribution in [1.82, 2.24) is 9.38 Å². The third-order valence-electron chi connectivity index (χ3n) is 6.37. The molecule has 3 aromatic rings. The molecule has 5 rings (SSSR count). The van der Waals surface area contributed by atoms with Gasteiger partial charge in [-0.25, -0.2) is 0 Å². The van der Waals surface area contributed by atoms with Crippen LogP contribution in [0.15, 0.2) is 78.0 Å². The monoisotopic (exact) mass is 420 g/mol. The van der Waals surface area contributed by atoms with Gasteiger partial charge in [-0.3, -0.25) is 0 Å². The molecule has 0 saturated carbocycles. The van der Waals surface area contributed by atoms with E-state index < -0.39 is 0 Å². The highest BCUT2D eigenvalue weighted by Gasteiger charge is 2.40. The number of allylic oxidation sites excluding steroid dienone is 2. The van der Waals surface area contributed by atoms with Crippen molar-refractivity contribution in [1.29, 1.82) is 0 Å². The summed E-state index contributed by atoms with van der Waals surface area (Å²) in [5.41, 5.74) is 6.41. The first-order chi connectivity index (χ1) is 15.5. The van der Waals surface area contributed by atoms with Crippen molar-refractivity contribution in [3.63, 3.8) is 0 Å². The zero-order valence-electron chi connectivity index (χ0n) is 19.4. The number of benzene rings is 2. The van der Waals surface area contributed by atoms with Gasteiger partial charge in [0.25, 0.3) is 0 Å². The molecule has 4 nitrogen and oxygen atoms in total. The lowest BCUT2D eigenvalue weighted by molar-refractivity contribution is -0.661. The molecule has 2 aliphatic heterocycles. The molecule has 0 fully saturated rings. The Morgan fingerprint density at radius 1 is 0.906 bits per heavy atom. The van der Waals surface area contributed by atoms with E-state index in [-0.39, 0.29) is 6.85 Å².